The summed E-state index contributed by atoms with van der Waals surface area (Å²) in [5.74, 6) is -0.0778. The number of rotatable bonds is 2. The minimum atomic E-state index is -0.316. The van der Waals surface area contributed by atoms with Crippen LogP contribution in [-0.2, 0) is 4.74 Å². The van der Waals surface area contributed by atoms with Crippen molar-refractivity contribution >= 4 is 33.4 Å². The first-order chi connectivity index (χ1) is 9.01. The largest absolute Gasteiger partial charge is 0.394 e. The van der Waals surface area contributed by atoms with Gasteiger partial charge in [-0.1, -0.05) is 11.6 Å². The molecule has 6 heteroatoms. The van der Waals surface area contributed by atoms with E-state index in [0.717, 1.165) is 0 Å². The van der Waals surface area contributed by atoms with Crippen LogP contribution in [0.3, 0.4) is 0 Å². The third-order valence-electron chi connectivity index (χ3n) is 2.98. The highest BCUT2D eigenvalue weighted by molar-refractivity contribution is 9.10. The fourth-order valence-corrected chi connectivity index (χ4v) is 2.62. The SMILES string of the molecule is CC1CN(C(=O)c2ccc(Cl)c(Br)c2)CC(CO)O1. The predicted molar refractivity (Wildman–Crippen MR) is 76.5 cm³/mol. The lowest BCUT2D eigenvalue weighted by molar-refractivity contribution is -0.0858. The molecule has 2 unspecified atom stereocenters. The van der Waals surface area contributed by atoms with Crippen molar-refractivity contribution in [3.05, 3.63) is 33.3 Å². The molecule has 0 saturated carbocycles. The standard InChI is InChI=1S/C13H15BrClNO3/c1-8-5-16(6-10(7-17)19-8)13(18)9-2-3-12(15)11(14)4-9/h2-4,8,10,17H,5-7H2,1H3. The molecule has 0 aromatic heterocycles. The number of halogens is 2. The van der Waals surface area contributed by atoms with E-state index >= 15 is 0 Å². The van der Waals surface area contributed by atoms with Gasteiger partial charge in [0, 0.05) is 23.1 Å². The third kappa shape index (κ3) is 3.48. The minimum absolute atomic E-state index is 0.0778. The van der Waals surface area contributed by atoms with Gasteiger partial charge in [0.1, 0.15) is 0 Å². The highest BCUT2D eigenvalue weighted by Crippen LogP contribution is 2.24. The Morgan fingerprint density at radius 3 is 2.95 bits per heavy atom. The smallest absolute Gasteiger partial charge is 0.254 e. The van der Waals surface area contributed by atoms with E-state index in [4.69, 9.17) is 16.3 Å². The maximum absolute atomic E-state index is 12.4. The Morgan fingerprint density at radius 1 is 1.58 bits per heavy atom. The summed E-state index contributed by atoms with van der Waals surface area (Å²) in [5.41, 5.74) is 0.571. The molecule has 1 N–H and O–H groups in total. The number of morpholine rings is 1. The van der Waals surface area contributed by atoms with Crippen molar-refractivity contribution < 1.29 is 14.6 Å². The summed E-state index contributed by atoms with van der Waals surface area (Å²) in [7, 11) is 0. The van der Waals surface area contributed by atoms with Crippen LogP contribution in [0.4, 0.5) is 0 Å². The van der Waals surface area contributed by atoms with Crippen molar-refractivity contribution in [1.29, 1.82) is 0 Å². The Kier molecular flexibility index (Phi) is 4.84. The number of hydrogen-bond donors (Lipinski definition) is 1. The molecule has 2 atom stereocenters. The van der Waals surface area contributed by atoms with Crippen LogP contribution >= 0.6 is 27.5 Å². The minimum Gasteiger partial charge on any atom is -0.394 e. The summed E-state index contributed by atoms with van der Waals surface area (Å²) in [5, 5.41) is 9.74. The molecule has 0 aliphatic carbocycles. The molecular formula is C13H15BrClNO3. The molecule has 2 rings (SSSR count). The second kappa shape index (κ2) is 6.22. The van der Waals surface area contributed by atoms with Gasteiger partial charge in [0.15, 0.2) is 0 Å². The highest BCUT2D eigenvalue weighted by atomic mass is 79.9. The molecule has 19 heavy (non-hydrogen) atoms. The monoisotopic (exact) mass is 347 g/mol. The van der Waals surface area contributed by atoms with E-state index in [1.54, 1.807) is 23.1 Å². The number of nitrogens with zero attached hydrogens (tertiary/aromatic N) is 1. The van der Waals surface area contributed by atoms with Gasteiger partial charge in [-0.05, 0) is 41.1 Å². The van der Waals surface area contributed by atoms with Crippen LogP contribution in [0.2, 0.25) is 5.02 Å². The Labute approximate surface area is 125 Å². The number of carbonyl (C=O) groups excluding carboxylic acids is 1. The van der Waals surface area contributed by atoms with Crippen molar-refractivity contribution in [2.45, 2.75) is 19.1 Å². The summed E-state index contributed by atoms with van der Waals surface area (Å²) in [6.07, 6.45) is -0.394. The van der Waals surface area contributed by atoms with E-state index in [1.807, 2.05) is 6.92 Å². The topological polar surface area (TPSA) is 49.8 Å². The van der Waals surface area contributed by atoms with E-state index in [1.165, 1.54) is 0 Å². The number of amides is 1. The molecule has 1 saturated heterocycles. The van der Waals surface area contributed by atoms with Crippen LogP contribution in [0.25, 0.3) is 0 Å². The van der Waals surface area contributed by atoms with E-state index in [0.29, 0.717) is 28.1 Å². The first-order valence-electron chi connectivity index (χ1n) is 6.02. The molecule has 104 valence electrons. The quantitative estimate of drug-likeness (QED) is 0.892. The van der Waals surface area contributed by atoms with Crippen molar-refractivity contribution in [3.8, 4) is 0 Å². The van der Waals surface area contributed by atoms with Crippen LogP contribution in [0.1, 0.15) is 17.3 Å². The van der Waals surface area contributed by atoms with Gasteiger partial charge in [0.05, 0.1) is 23.8 Å². The zero-order valence-corrected chi connectivity index (χ0v) is 12.8. The lowest BCUT2D eigenvalue weighted by atomic mass is 10.1. The number of benzene rings is 1. The van der Waals surface area contributed by atoms with Gasteiger partial charge in [-0.2, -0.15) is 0 Å². The second-order valence-electron chi connectivity index (χ2n) is 4.59. The maximum Gasteiger partial charge on any atom is 0.254 e. The summed E-state index contributed by atoms with van der Waals surface area (Å²) in [6, 6.07) is 5.09. The molecule has 0 bridgehead atoms. The Morgan fingerprint density at radius 2 is 2.32 bits per heavy atom. The van der Waals surface area contributed by atoms with Crippen LogP contribution < -0.4 is 0 Å². The number of aliphatic hydroxyl groups is 1. The highest BCUT2D eigenvalue weighted by Gasteiger charge is 2.28. The summed E-state index contributed by atoms with van der Waals surface area (Å²) < 4.78 is 6.21. The van der Waals surface area contributed by atoms with Crippen LogP contribution in [0.15, 0.2) is 22.7 Å². The van der Waals surface area contributed by atoms with E-state index in [-0.39, 0.29) is 24.7 Å². The summed E-state index contributed by atoms with van der Waals surface area (Å²) in [6.45, 7) is 2.73. The molecule has 0 spiro atoms. The van der Waals surface area contributed by atoms with Crippen molar-refractivity contribution in [1.82, 2.24) is 4.90 Å². The Hall–Kier alpha value is -0.620. The Balaban J connectivity index is 2.16. The molecule has 0 radical (unpaired) electrons. The van der Waals surface area contributed by atoms with Gasteiger partial charge in [-0.3, -0.25) is 4.79 Å². The van der Waals surface area contributed by atoms with Gasteiger partial charge in [-0.25, -0.2) is 0 Å². The van der Waals surface area contributed by atoms with Crippen molar-refractivity contribution in [2.75, 3.05) is 19.7 Å². The van der Waals surface area contributed by atoms with Crippen LogP contribution in [0, 0.1) is 0 Å². The number of carbonyl (C=O) groups is 1. The first kappa shape index (κ1) is 14.8. The number of ether oxygens (including phenoxy) is 1. The third-order valence-corrected chi connectivity index (χ3v) is 4.20. The molecule has 1 fully saturated rings. The zero-order valence-electron chi connectivity index (χ0n) is 10.5. The average molecular weight is 349 g/mol. The van der Waals surface area contributed by atoms with Gasteiger partial charge in [0.25, 0.3) is 5.91 Å². The second-order valence-corrected chi connectivity index (χ2v) is 5.85. The molecule has 1 aliphatic heterocycles. The molecular weight excluding hydrogens is 334 g/mol. The normalized spacial score (nSPS) is 23.5. The summed E-state index contributed by atoms with van der Waals surface area (Å²) in [4.78, 5) is 14.1. The average Bonchev–Trinajstić information content (AvgIpc) is 2.40. The number of hydrogen-bond acceptors (Lipinski definition) is 3. The van der Waals surface area contributed by atoms with E-state index < -0.39 is 0 Å². The number of aliphatic hydroxyl groups excluding tert-OH is 1. The van der Waals surface area contributed by atoms with Crippen LogP contribution in [0.5, 0.6) is 0 Å². The van der Waals surface area contributed by atoms with Gasteiger partial charge >= 0.3 is 0 Å². The molecule has 4 nitrogen and oxygen atoms in total. The first-order valence-corrected chi connectivity index (χ1v) is 7.19. The predicted octanol–water partition coefficient (Wildman–Crippen LogP) is 2.32. The van der Waals surface area contributed by atoms with Crippen molar-refractivity contribution in [3.63, 3.8) is 0 Å². The van der Waals surface area contributed by atoms with Gasteiger partial charge in [0.2, 0.25) is 0 Å². The lowest BCUT2D eigenvalue weighted by Crippen LogP contribution is -2.50. The maximum atomic E-state index is 12.4. The van der Waals surface area contributed by atoms with E-state index in [2.05, 4.69) is 15.9 Å². The molecule has 1 heterocycles. The molecule has 1 aliphatic rings. The zero-order chi connectivity index (χ0) is 14.0. The van der Waals surface area contributed by atoms with Gasteiger partial charge in [-0.15, -0.1) is 0 Å². The Bertz CT molecular complexity index is 483. The molecule has 1 aromatic rings. The molecule has 1 aromatic carbocycles. The van der Waals surface area contributed by atoms with Crippen LogP contribution in [-0.4, -0.2) is 47.8 Å². The lowest BCUT2D eigenvalue weighted by Gasteiger charge is -2.36. The molecule has 1 amide bonds. The fourth-order valence-electron chi connectivity index (χ4n) is 2.12. The van der Waals surface area contributed by atoms with Crippen molar-refractivity contribution in [2.24, 2.45) is 0 Å². The fraction of sp³-hybridized carbons (Fsp3) is 0.462. The summed E-state index contributed by atoms with van der Waals surface area (Å²) >= 11 is 9.22. The van der Waals surface area contributed by atoms with E-state index in [9.17, 15) is 9.90 Å². The van der Waals surface area contributed by atoms with Gasteiger partial charge < -0.3 is 14.7 Å².